The molecule has 5 atom stereocenters. The van der Waals surface area contributed by atoms with Gasteiger partial charge >= 0.3 is 6.09 Å². The molecule has 2 unspecified atom stereocenters. The summed E-state index contributed by atoms with van der Waals surface area (Å²) in [5.74, 6) is 1.69. The van der Waals surface area contributed by atoms with Crippen LogP contribution in [0, 0.1) is 5.92 Å². The van der Waals surface area contributed by atoms with E-state index in [4.69, 9.17) is 20.4 Å². The lowest BCUT2D eigenvalue weighted by atomic mass is 10.0. The van der Waals surface area contributed by atoms with Crippen LogP contribution in [0.2, 0.25) is 0 Å². The maximum Gasteiger partial charge on any atom is 0.404 e. The number of amides is 3. The molecule has 1 saturated carbocycles. The Morgan fingerprint density at radius 3 is 1.81 bits per heavy atom. The summed E-state index contributed by atoms with van der Waals surface area (Å²) in [7, 11) is 0. The number of nitrogens with one attached hydrogen (secondary N) is 2. The number of benzene rings is 3. The lowest BCUT2D eigenvalue weighted by Gasteiger charge is -2.34. The van der Waals surface area contributed by atoms with E-state index in [2.05, 4.69) is 89.4 Å². The Kier molecular flexibility index (Phi) is 11.2. The van der Waals surface area contributed by atoms with E-state index < -0.39 is 6.09 Å². The van der Waals surface area contributed by atoms with Crippen molar-refractivity contribution in [2.75, 3.05) is 26.2 Å². The Labute approximate surface area is 333 Å². The molecule has 5 aromatic rings. The molecule has 8 rings (SSSR count). The molecular weight excluding hydrogens is 717 g/mol. The predicted molar refractivity (Wildman–Crippen MR) is 218 cm³/mol. The Balaban J connectivity index is 0.913. The van der Waals surface area contributed by atoms with Crippen molar-refractivity contribution in [3.8, 4) is 33.6 Å². The van der Waals surface area contributed by atoms with E-state index in [1.807, 2.05) is 40.4 Å². The third-order valence-corrected chi connectivity index (χ3v) is 12.2. The van der Waals surface area contributed by atoms with Crippen molar-refractivity contribution in [1.82, 2.24) is 34.6 Å². The van der Waals surface area contributed by atoms with E-state index in [0.717, 1.165) is 96.2 Å². The van der Waals surface area contributed by atoms with Crippen molar-refractivity contribution in [1.29, 1.82) is 0 Å². The number of hydrogen-bond acceptors (Lipinski definition) is 7. The molecule has 0 bridgehead atoms. The summed E-state index contributed by atoms with van der Waals surface area (Å²) in [4.78, 5) is 61.7. The molecular formula is C45H52N8O4. The molecule has 0 radical (unpaired) electrons. The smallest absolute Gasteiger partial charge is 0.404 e. The Bertz CT molecular complexity index is 2160. The zero-order valence-electron chi connectivity index (χ0n) is 32.8. The van der Waals surface area contributed by atoms with Gasteiger partial charge in [0.05, 0.1) is 35.9 Å². The SMILES string of the molecule is CCN(CC)C(C(=O)N1CCCC1c1ncc(-c2ccc(-c3ccc(-c4cnc([C@@H]5CCCN5C(=O)[C@H]5CC[C@@H](OC(N)=O)C5)[nH]4)cc3)cc2)[nH]1)c1ccccc1. The van der Waals surface area contributed by atoms with Crippen LogP contribution in [0.3, 0.4) is 0 Å². The highest BCUT2D eigenvalue weighted by atomic mass is 16.6. The second-order valence-corrected chi connectivity index (χ2v) is 15.5. The van der Waals surface area contributed by atoms with Gasteiger partial charge in [0.2, 0.25) is 11.8 Å². The predicted octanol–water partition coefficient (Wildman–Crippen LogP) is 7.81. The quantitative estimate of drug-likeness (QED) is 0.117. The molecule has 4 heterocycles. The van der Waals surface area contributed by atoms with Gasteiger partial charge in [-0.3, -0.25) is 14.5 Å². The molecule has 3 amide bonds. The minimum absolute atomic E-state index is 0.0902. The molecule has 12 heteroatoms. The second kappa shape index (κ2) is 16.8. The largest absolute Gasteiger partial charge is 0.446 e. The van der Waals surface area contributed by atoms with Gasteiger partial charge in [0, 0.05) is 19.0 Å². The maximum absolute atomic E-state index is 14.2. The van der Waals surface area contributed by atoms with Crippen LogP contribution >= 0.6 is 0 Å². The van der Waals surface area contributed by atoms with Crippen LogP contribution in [0.4, 0.5) is 4.79 Å². The average molecular weight is 769 g/mol. The van der Waals surface area contributed by atoms with Gasteiger partial charge in [0.15, 0.2) is 0 Å². The number of primary amides is 1. The summed E-state index contributed by atoms with van der Waals surface area (Å²) in [5, 5.41) is 0. The van der Waals surface area contributed by atoms with Gasteiger partial charge in [0.1, 0.15) is 23.8 Å². The summed E-state index contributed by atoms with van der Waals surface area (Å²) in [6, 6.07) is 26.5. The first-order valence-corrected chi connectivity index (χ1v) is 20.5. The van der Waals surface area contributed by atoms with Gasteiger partial charge in [-0.05, 0) is 85.9 Å². The van der Waals surface area contributed by atoms with Crippen LogP contribution in [0.5, 0.6) is 0 Å². The first kappa shape index (κ1) is 38.1. The van der Waals surface area contributed by atoms with Crippen molar-refractivity contribution in [3.05, 3.63) is 108 Å². The highest BCUT2D eigenvalue weighted by molar-refractivity contribution is 5.84. The summed E-state index contributed by atoms with van der Waals surface area (Å²) >= 11 is 0. The fraction of sp³-hybridized carbons (Fsp3) is 0.400. The molecule has 0 spiro atoms. The molecule has 2 aromatic heterocycles. The second-order valence-electron chi connectivity index (χ2n) is 15.5. The maximum atomic E-state index is 14.2. The third kappa shape index (κ3) is 7.96. The summed E-state index contributed by atoms with van der Waals surface area (Å²) in [6.45, 7) is 7.22. The van der Waals surface area contributed by atoms with Crippen molar-refractivity contribution in [3.63, 3.8) is 0 Å². The molecule has 3 fully saturated rings. The van der Waals surface area contributed by atoms with Crippen LogP contribution in [-0.2, 0) is 14.3 Å². The first-order valence-electron chi connectivity index (χ1n) is 20.5. The van der Waals surface area contributed by atoms with E-state index in [-0.39, 0.29) is 42.0 Å². The number of ether oxygens (including phenoxy) is 1. The molecule has 4 N–H and O–H groups in total. The Morgan fingerprint density at radius 1 is 0.737 bits per heavy atom. The summed E-state index contributed by atoms with van der Waals surface area (Å²) in [5.41, 5.74) is 12.3. The number of aromatic nitrogens is 4. The molecule has 3 aromatic carbocycles. The summed E-state index contributed by atoms with van der Waals surface area (Å²) < 4.78 is 5.16. The van der Waals surface area contributed by atoms with E-state index in [9.17, 15) is 14.4 Å². The van der Waals surface area contributed by atoms with Gasteiger partial charge in [-0.25, -0.2) is 14.8 Å². The fourth-order valence-corrected chi connectivity index (χ4v) is 9.18. The number of likely N-dealkylation sites (N-methyl/N-ethyl adjacent to an activating group) is 1. The summed E-state index contributed by atoms with van der Waals surface area (Å²) in [6.07, 6.45) is 8.12. The number of nitrogens with zero attached hydrogens (tertiary/aromatic N) is 5. The number of H-pyrrole nitrogens is 2. The van der Waals surface area contributed by atoms with Gasteiger partial charge in [0.25, 0.3) is 0 Å². The molecule has 2 saturated heterocycles. The lowest BCUT2D eigenvalue weighted by molar-refractivity contribution is -0.138. The van der Waals surface area contributed by atoms with Gasteiger partial charge < -0.3 is 30.2 Å². The minimum Gasteiger partial charge on any atom is -0.446 e. The number of nitrogens with two attached hydrogens (primary N) is 1. The van der Waals surface area contributed by atoms with Crippen LogP contribution in [0.15, 0.2) is 91.3 Å². The number of rotatable bonds is 12. The number of carbonyl (C=O) groups is 3. The number of hydrogen-bond donors (Lipinski definition) is 3. The van der Waals surface area contributed by atoms with E-state index in [1.165, 1.54) is 0 Å². The molecule has 57 heavy (non-hydrogen) atoms. The molecule has 296 valence electrons. The number of carbonyl (C=O) groups excluding carboxylic acids is 3. The highest BCUT2D eigenvalue weighted by Gasteiger charge is 2.40. The molecule has 12 nitrogen and oxygen atoms in total. The van der Waals surface area contributed by atoms with E-state index in [1.54, 1.807) is 0 Å². The topological polar surface area (TPSA) is 154 Å². The molecule has 1 aliphatic carbocycles. The van der Waals surface area contributed by atoms with Crippen LogP contribution in [0.1, 0.15) is 94.1 Å². The average Bonchev–Trinajstić information content (AvgIpc) is 4.09. The van der Waals surface area contributed by atoms with Crippen molar-refractivity contribution < 1.29 is 19.1 Å². The van der Waals surface area contributed by atoms with E-state index in [0.29, 0.717) is 25.8 Å². The van der Waals surface area contributed by atoms with Crippen molar-refractivity contribution in [2.24, 2.45) is 11.7 Å². The zero-order valence-corrected chi connectivity index (χ0v) is 32.8. The fourth-order valence-electron chi connectivity index (χ4n) is 9.18. The number of aromatic amines is 2. The van der Waals surface area contributed by atoms with Gasteiger partial charge in [-0.1, -0.05) is 92.7 Å². The van der Waals surface area contributed by atoms with Crippen LogP contribution < -0.4 is 5.73 Å². The Morgan fingerprint density at radius 2 is 1.26 bits per heavy atom. The molecule has 2 aliphatic heterocycles. The standard InChI is InChI=1S/C45H52N8O4/c1-3-51(4-2)40(33-10-6-5-7-11-33)44(55)53-25-9-13-39(53)42-48-28-37(50-42)32-20-16-30(17-21-32)29-14-18-31(19-15-29)36-27-47-41(49-36)38-12-8-24-52(38)43(54)34-22-23-35(26-34)57-45(46)56/h5-7,10-11,14-21,27-28,34-35,38-40H,3-4,8-9,12-13,22-26H2,1-2H3,(H2,46,56)(H,47,49)(H,48,50)/t34-,35+,38-,39?,40?/m0/s1. The highest BCUT2D eigenvalue weighted by Crippen LogP contribution is 2.38. The van der Waals surface area contributed by atoms with Crippen molar-refractivity contribution in [2.45, 2.75) is 83.0 Å². The van der Waals surface area contributed by atoms with Gasteiger partial charge in [-0.15, -0.1) is 0 Å². The Hall–Kier alpha value is -5.75. The normalized spacial score (nSPS) is 21.3. The monoisotopic (exact) mass is 768 g/mol. The minimum atomic E-state index is -0.785. The van der Waals surface area contributed by atoms with E-state index >= 15 is 0 Å². The third-order valence-electron chi connectivity index (χ3n) is 12.2. The lowest BCUT2D eigenvalue weighted by Crippen LogP contribution is -2.43. The van der Waals surface area contributed by atoms with Crippen LogP contribution in [-0.4, -0.2) is 84.8 Å². The van der Waals surface area contributed by atoms with Gasteiger partial charge in [-0.2, -0.15) is 0 Å². The number of imidazole rings is 2. The molecule has 3 aliphatic rings. The van der Waals surface area contributed by atoms with Crippen LogP contribution in [0.25, 0.3) is 33.6 Å². The zero-order chi connectivity index (χ0) is 39.5. The number of likely N-dealkylation sites (tertiary alicyclic amines) is 2. The van der Waals surface area contributed by atoms with Crippen molar-refractivity contribution >= 4 is 17.9 Å². The first-order chi connectivity index (χ1) is 27.8.